The number of hydrogen-bond donors (Lipinski definition) is 3. The van der Waals surface area contributed by atoms with Crippen molar-refractivity contribution in [3.05, 3.63) is 40.8 Å². The molecule has 2 aliphatic rings. The summed E-state index contributed by atoms with van der Waals surface area (Å²) in [6.07, 6.45) is 0.238. The minimum atomic E-state index is -1.78. The van der Waals surface area contributed by atoms with E-state index in [-0.39, 0.29) is 34.3 Å². The van der Waals surface area contributed by atoms with E-state index < -0.39 is 34.6 Å². The van der Waals surface area contributed by atoms with Gasteiger partial charge >= 0.3 is 5.63 Å². The molecule has 4 atom stereocenters. The molecule has 2 aromatic rings. The summed E-state index contributed by atoms with van der Waals surface area (Å²) in [6.45, 7) is 1.34. The van der Waals surface area contributed by atoms with Gasteiger partial charge in [0.25, 0.3) is 5.91 Å². The summed E-state index contributed by atoms with van der Waals surface area (Å²) >= 11 is 0.849. The second-order valence-electron chi connectivity index (χ2n) is 7.76. The highest BCUT2D eigenvalue weighted by atomic mass is 32.2. The maximum absolute atomic E-state index is 12.9. The van der Waals surface area contributed by atoms with Crippen LogP contribution in [0.5, 0.6) is 11.5 Å². The first-order valence-corrected chi connectivity index (χ1v) is 11.0. The first-order chi connectivity index (χ1) is 16.2. The highest BCUT2D eigenvalue weighted by molar-refractivity contribution is 8.14. The summed E-state index contributed by atoms with van der Waals surface area (Å²) in [4.78, 5) is 42.3. The lowest BCUT2D eigenvalue weighted by Gasteiger charge is -2.44. The Labute approximate surface area is 197 Å². The van der Waals surface area contributed by atoms with Gasteiger partial charge < -0.3 is 34.3 Å². The van der Waals surface area contributed by atoms with Gasteiger partial charge in [0.2, 0.25) is 5.75 Å². The molecule has 0 bridgehead atoms. The van der Waals surface area contributed by atoms with E-state index in [0.29, 0.717) is 11.1 Å². The van der Waals surface area contributed by atoms with E-state index in [1.165, 1.54) is 39.4 Å². The maximum Gasteiger partial charge on any atom is 0.360 e. The predicted molar refractivity (Wildman–Crippen MR) is 123 cm³/mol. The number of methoxy groups -OCH3 is 2. The SMILES string of the molecule is COc1ccc2cc(NC(=O)C3=NO[C@H]4[C@H](O)C=C[C@@H](SC(C)=O)[C@@]4(O)C3)c(=O)oc2c1OC. The molecule has 0 unspecified atom stereocenters. The maximum atomic E-state index is 12.9. The fraction of sp³-hybridized carbons (Fsp3) is 0.364. The summed E-state index contributed by atoms with van der Waals surface area (Å²) < 4.78 is 15.8. The van der Waals surface area contributed by atoms with Crippen molar-refractivity contribution in [2.45, 2.75) is 36.4 Å². The number of nitrogens with zero attached hydrogens (tertiary/aromatic N) is 1. The van der Waals surface area contributed by atoms with Gasteiger partial charge in [0.05, 0.1) is 19.5 Å². The zero-order chi connectivity index (χ0) is 24.6. The molecule has 0 fully saturated rings. The minimum Gasteiger partial charge on any atom is -0.493 e. The molecule has 1 aliphatic carbocycles. The van der Waals surface area contributed by atoms with Gasteiger partial charge in [-0.2, -0.15) is 0 Å². The largest absolute Gasteiger partial charge is 0.493 e. The monoisotopic (exact) mass is 490 g/mol. The normalized spacial score (nSPS) is 25.7. The van der Waals surface area contributed by atoms with Crippen LogP contribution in [0.25, 0.3) is 11.0 Å². The zero-order valence-electron chi connectivity index (χ0n) is 18.4. The first-order valence-electron chi connectivity index (χ1n) is 10.2. The summed E-state index contributed by atoms with van der Waals surface area (Å²) in [5.74, 6) is -0.214. The fourth-order valence-electron chi connectivity index (χ4n) is 3.93. The molecule has 0 radical (unpaired) electrons. The average Bonchev–Trinajstić information content (AvgIpc) is 2.80. The van der Waals surface area contributed by atoms with Crippen molar-refractivity contribution in [1.82, 2.24) is 0 Å². The Kier molecular flexibility index (Phi) is 6.39. The van der Waals surface area contributed by atoms with Gasteiger partial charge in [0.1, 0.15) is 23.1 Å². The molecule has 1 aliphatic heterocycles. The van der Waals surface area contributed by atoms with Crippen molar-refractivity contribution in [3.63, 3.8) is 0 Å². The van der Waals surface area contributed by atoms with E-state index >= 15 is 0 Å². The van der Waals surface area contributed by atoms with Crippen LogP contribution < -0.4 is 20.4 Å². The molecule has 1 aromatic heterocycles. The van der Waals surface area contributed by atoms with Crippen LogP contribution in [0, 0.1) is 0 Å². The number of anilines is 1. The number of benzene rings is 1. The van der Waals surface area contributed by atoms with Crippen molar-refractivity contribution in [2.24, 2.45) is 5.16 Å². The molecule has 34 heavy (non-hydrogen) atoms. The lowest BCUT2D eigenvalue weighted by atomic mass is 9.79. The Bertz CT molecular complexity index is 1270. The standard InChI is InChI=1S/C22H22N2O9S/c1-10(25)34-16-7-5-14(26)19-22(16,29)9-13(24-33-19)20(27)23-12-8-11-4-6-15(30-2)18(31-3)17(11)32-21(12)28/h4-8,14,16,19,26,29H,9H2,1-3H3,(H,23,27)/t14-,16-,19+,22+/m1/s1. The lowest BCUT2D eigenvalue weighted by Crippen LogP contribution is -2.61. The number of oxime groups is 1. The van der Waals surface area contributed by atoms with Crippen molar-refractivity contribution >= 4 is 45.2 Å². The average molecular weight is 490 g/mol. The predicted octanol–water partition coefficient (Wildman–Crippen LogP) is 1.20. The molecule has 3 N–H and O–H groups in total. The molecule has 0 saturated heterocycles. The molecule has 0 spiro atoms. The van der Waals surface area contributed by atoms with Crippen LogP contribution in [0.1, 0.15) is 13.3 Å². The van der Waals surface area contributed by atoms with E-state index in [4.69, 9.17) is 18.7 Å². The number of aliphatic hydroxyl groups is 2. The first kappa shape index (κ1) is 23.8. The molecule has 12 heteroatoms. The van der Waals surface area contributed by atoms with Gasteiger partial charge in [-0.05, 0) is 18.2 Å². The Balaban J connectivity index is 1.61. The molecule has 0 saturated carbocycles. The van der Waals surface area contributed by atoms with Crippen molar-refractivity contribution < 1.29 is 38.5 Å². The van der Waals surface area contributed by atoms with Crippen molar-refractivity contribution in [2.75, 3.05) is 19.5 Å². The molecule has 180 valence electrons. The number of carbonyl (C=O) groups is 2. The molecule has 11 nitrogen and oxygen atoms in total. The van der Waals surface area contributed by atoms with Gasteiger partial charge in [-0.15, -0.1) is 0 Å². The van der Waals surface area contributed by atoms with Crippen LogP contribution in [-0.2, 0) is 14.4 Å². The smallest absolute Gasteiger partial charge is 0.360 e. The molecule has 2 heterocycles. The third-order valence-electron chi connectivity index (χ3n) is 5.55. The topological polar surface area (TPSA) is 157 Å². The number of thioether (sulfide) groups is 1. The molecule has 1 amide bonds. The van der Waals surface area contributed by atoms with E-state index in [9.17, 15) is 24.6 Å². The number of amides is 1. The van der Waals surface area contributed by atoms with E-state index in [0.717, 1.165) is 11.8 Å². The third-order valence-corrected chi connectivity index (χ3v) is 6.71. The van der Waals surface area contributed by atoms with Gasteiger partial charge in [-0.3, -0.25) is 9.59 Å². The van der Waals surface area contributed by atoms with Crippen LogP contribution in [0.3, 0.4) is 0 Å². The molecular formula is C22H22N2O9S. The Hall–Kier alpha value is -3.35. The van der Waals surface area contributed by atoms with E-state index in [2.05, 4.69) is 10.5 Å². The number of carbonyl (C=O) groups excluding carboxylic acids is 2. The van der Waals surface area contributed by atoms with Crippen LogP contribution in [-0.4, -0.2) is 64.2 Å². The number of rotatable bonds is 5. The van der Waals surface area contributed by atoms with Crippen molar-refractivity contribution in [3.8, 4) is 11.5 Å². The van der Waals surface area contributed by atoms with Gasteiger partial charge in [0, 0.05) is 18.7 Å². The van der Waals surface area contributed by atoms with E-state index in [1.807, 2.05) is 0 Å². The Morgan fingerprint density at radius 2 is 2.03 bits per heavy atom. The zero-order valence-corrected chi connectivity index (χ0v) is 19.3. The van der Waals surface area contributed by atoms with Crippen LogP contribution in [0.2, 0.25) is 0 Å². The number of hydrogen-bond acceptors (Lipinski definition) is 11. The van der Waals surface area contributed by atoms with Crippen LogP contribution >= 0.6 is 11.8 Å². The molecule has 4 rings (SSSR count). The van der Waals surface area contributed by atoms with Crippen LogP contribution in [0.4, 0.5) is 5.69 Å². The number of ether oxygens (including phenoxy) is 2. The summed E-state index contributed by atoms with van der Waals surface area (Å²) in [6, 6.07) is 4.66. The molecular weight excluding hydrogens is 468 g/mol. The number of nitrogens with one attached hydrogen (secondary N) is 1. The number of aliphatic hydroxyl groups excluding tert-OH is 1. The second-order valence-corrected chi connectivity index (χ2v) is 9.08. The molecule has 1 aromatic carbocycles. The van der Waals surface area contributed by atoms with E-state index in [1.54, 1.807) is 12.1 Å². The number of fused-ring (bicyclic) bond motifs is 2. The highest BCUT2D eigenvalue weighted by Crippen LogP contribution is 2.40. The summed E-state index contributed by atoms with van der Waals surface area (Å²) in [5, 5.41) is 27.1. The van der Waals surface area contributed by atoms with Gasteiger partial charge in [0.15, 0.2) is 22.6 Å². The summed E-state index contributed by atoms with van der Waals surface area (Å²) in [5.41, 5.74) is -2.87. The Morgan fingerprint density at radius 1 is 1.26 bits per heavy atom. The quantitative estimate of drug-likeness (QED) is 0.411. The second kappa shape index (κ2) is 9.12. The van der Waals surface area contributed by atoms with Crippen LogP contribution in [0.15, 0.2) is 44.7 Å². The fourth-order valence-corrected chi connectivity index (χ4v) is 4.88. The highest BCUT2D eigenvalue weighted by Gasteiger charge is 2.54. The lowest BCUT2D eigenvalue weighted by molar-refractivity contribution is -0.153. The summed E-state index contributed by atoms with van der Waals surface area (Å²) in [7, 11) is 2.85. The van der Waals surface area contributed by atoms with Crippen molar-refractivity contribution in [1.29, 1.82) is 0 Å². The minimum absolute atomic E-state index is 0.146. The van der Waals surface area contributed by atoms with Gasteiger partial charge in [-0.1, -0.05) is 29.1 Å². The third kappa shape index (κ3) is 4.15. The van der Waals surface area contributed by atoms with Gasteiger partial charge in [-0.25, -0.2) is 4.79 Å². The Morgan fingerprint density at radius 3 is 2.71 bits per heavy atom.